The lowest BCUT2D eigenvalue weighted by atomic mass is 10.4. The molecule has 0 aliphatic rings. The molecule has 1 N–H and O–H groups in total. The summed E-state index contributed by atoms with van der Waals surface area (Å²) in [5.74, 6) is 0. The molecule has 2 aromatic heterocycles. The van der Waals surface area contributed by atoms with Gasteiger partial charge in [-0.25, -0.2) is 8.42 Å². The van der Waals surface area contributed by atoms with Gasteiger partial charge in [0.2, 0.25) is 0 Å². The molecule has 0 amide bonds. The van der Waals surface area contributed by atoms with Crippen LogP contribution in [-0.2, 0) is 16.6 Å². The predicted octanol–water partition coefficient (Wildman–Crippen LogP) is 1.10. The van der Waals surface area contributed by atoms with Crippen molar-refractivity contribution in [2.24, 2.45) is 0 Å². The Labute approximate surface area is 99.4 Å². The summed E-state index contributed by atoms with van der Waals surface area (Å²) in [4.78, 5) is 3.96. The van der Waals surface area contributed by atoms with Crippen LogP contribution in [-0.4, -0.2) is 23.2 Å². The molecule has 0 bridgehead atoms. The predicted molar refractivity (Wildman–Crippen MR) is 62.9 cm³/mol. The fourth-order valence-corrected chi connectivity index (χ4v) is 2.30. The lowest BCUT2D eigenvalue weighted by Crippen LogP contribution is -2.12. The fraction of sp³-hybridized carbons (Fsp3) is 0.200. The Bertz CT molecular complexity index is 592. The largest absolute Gasteiger partial charge is 0.279 e. The van der Waals surface area contributed by atoms with E-state index >= 15 is 0 Å². The summed E-state index contributed by atoms with van der Waals surface area (Å²) in [6.45, 7) is 2.52. The van der Waals surface area contributed by atoms with Crippen LogP contribution in [0.15, 0.2) is 41.8 Å². The van der Waals surface area contributed by atoms with Gasteiger partial charge in [0.1, 0.15) is 4.90 Å². The Morgan fingerprint density at radius 2 is 2.06 bits per heavy atom. The lowest BCUT2D eigenvalue weighted by Gasteiger charge is -2.04. The second kappa shape index (κ2) is 4.54. The smallest absolute Gasteiger partial charge is 0.265 e. The second-order valence-electron chi connectivity index (χ2n) is 3.37. The van der Waals surface area contributed by atoms with Crippen molar-refractivity contribution in [3.63, 3.8) is 0 Å². The highest BCUT2D eigenvalue weighted by Gasteiger charge is 2.16. The zero-order valence-corrected chi connectivity index (χ0v) is 10.1. The summed E-state index contributed by atoms with van der Waals surface area (Å²) in [6.07, 6.45) is 5.86. The van der Waals surface area contributed by atoms with E-state index in [9.17, 15) is 8.42 Å². The quantitative estimate of drug-likeness (QED) is 0.884. The normalized spacial score (nSPS) is 11.4. The van der Waals surface area contributed by atoms with Gasteiger partial charge < -0.3 is 0 Å². The van der Waals surface area contributed by atoms with E-state index in [0.717, 1.165) is 0 Å². The maximum atomic E-state index is 11.9. The van der Waals surface area contributed by atoms with Crippen LogP contribution >= 0.6 is 0 Å². The number of aryl methyl sites for hydroxylation is 1. The molecule has 0 saturated carbocycles. The van der Waals surface area contributed by atoms with E-state index in [4.69, 9.17) is 0 Å². The highest BCUT2D eigenvalue weighted by atomic mass is 32.2. The van der Waals surface area contributed by atoms with Gasteiger partial charge in [-0.1, -0.05) is 0 Å². The third kappa shape index (κ3) is 2.62. The van der Waals surface area contributed by atoms with Gasteiger partial charge >= 0.3 is 0 Å². The first-order chi connectivity index (χ1) is 8.12. The third-order valence-electron chi connectivity index (χ3n) is 2.18. The number of nitrogens with zero attached hydrogens (tertiary/aromatic N) is 3. The van der Waals surface area contributed by atoms with Crippen molar-refractivity contribution in [3.8, 4) is 0 Å². The Morgan fingerprint density at radius 3 is 2.65 bits per heavy atom. The van der Waals surface area contributed by atoms with E-state index in [1.165, 1.54) is 24.8 Å². The maximum absolute atomic E-state index is 11.9. The van der Waals surface area contributed by atoms with Crippen LogP contribution in [0.1, 0.15) is 6.92 Å². The monoisotopic (exact) mass is 252 g/mol. The van der Waals surface area contributed by atoms with Gasteiger partial charge in [-0.2, -0.15) is 5.10 Å². The minimum Gasteiger partial charge on any atom is -0.279 e. The van der Waals surface area contributed by atoms with Crippen LogP contribution in [0.4, 0.5) is 5.69 Å². The number of hydrogen-bond acceptors (Lipinski definition) is 4. The minimum absolute atomic E-state index is 0.149. The molecule has 2 aromatic rings. The summed E-state index contributed by atoms with van der Waals surface area (Å²) in [7, 11) is -3.56. The number of rotatable bonds is 4. The van der Waals surface area contributed by atoms with Crippen molar-refractivity contribution >= 4 is 15.7 Å². The van der Waals surface area contributed by atoms with Crippen molar-refractivity contribution in [1.29, 1.82) is 0 Å². The Morgan fingerprint density at radius 1 is 1.35 bits per heavy atom. The zero-order valence-electron chi connectivity index (χ0n) is 9.24. The number of hydrogen-bond donors (Lipinski definition) is 1. The molecule has 0 spiro atoms. The molecule has 7 heteroatoms. The van der Waals surface area contributed by atoms with Gasteiger partial charge in [0.25, 0.3) is 10.0 Å². The molecule has 2 heterocycles. The number of anilines is 1. The minimum atomic E-state index is -3.56. The molecule has 2 rings (SSSR count). The summed E-state index contributed by atoms with van der Waals surface area (Å²) >= 11 is 0. The molecule has 0 fully saturated rings. The van der Waals surface area contributed by atoms with Crippen LogP contribution in [0.5, 0.6) is 0 Å². The van der Waals surface area contributed by atoms with Gasteiger partial charge in [-0.3, -0.25) is 14.4 Å². The van der Waals surface area contributed by atoms with Gasteiger partial charge in [-0.15, -0.1) is 0 Å². The third-order valence-corrected chi connectivity index (χ3v) is 3.51. The van der Waals surface area contributed by atoms with Crippen molar-refractivity contribution in [3.05, 3.63) is 36.9 Å². The number of sulfonamides is 1. The van der Waals surface area contributed by atoms with Gasteiger partial charge in [0.05, 0.1) is 11.9 Å². The number of nitrogens with one attached hydrogen (secondary N) is 1. The summed E-state index contributed by atoms with van der Waals surface area (Å²) < 4.78 is 27.9. The van der Waals surface area contributed by atoms with Crippen LogP contribution in [0.3, 0.4) is 0 Å². The van der Waals surface area contributed by atoms with E-state index in [0.29, 0.717) is 12.2 Å². The van der Waals surface area contributed by atoms with E-state index in [2.05, 4.69) is 14.8 Å². The summed E-state index contributed by atoms with van der Waals surface area (Å²) in [6, 6.07) is 3.17. The standard InChI is InChI=1S/C10H12N4O2S/c1-2-14-8-10(7-12-14)17(15,16)13-9-3-5-11-6-4-9/h3-8H,2H2,1H3,(H,11,13). The molecule has 90 valence electrons. The molecular weight excluding hydrogens is 240 g/mol. The molecule has 0 aliphatic heterocycles. The first kappa shape index (κ1) is 11.6. The SMILES string of the molecule is CCn1cc(S(=O)(=O)Nc2ccncc2)cn1. The zero-order chi connectivity index (χ0) is 12.3. The molecule has 0 aromatic carbocycles. The van der Waals surface area contributed by atoms with E-state index in [-0.39, 0.29) is 4.90 Å². The van der Waals surface area contributed by atoms with Crippen LogP contribution < -0.4 is 4.72 Å². The van der Waals surface area contributed by atoms with Crippen molar-refractivity contribution in [1.82, 2.24) is 14.8 Å². The van der Waals surface area contributed by atoms with Crippen molar-refractivity contribution < 1.29 is 8.42 Å². The van der Waals surface area contributed by atoms with E-state index in [1.54, 1.807) is 16.8 Å². The molecule has 17 heavy (non-hydrogen) atoms. The Balaban J connectivity index is 2.25. The van der Waals surface area contributed by atoms with Crippen molar-refractivity contribution in [2.45, 2.75) is 18.4 Å². The van der Waals surface area contributed by atoms with Gasteiger partial charge in [-0.05, 0) is 19.1 Å². The van der Waals surface area contributed by atoms with Crippen LogP contribution in [0.25, 0.3) is 0 Å². The maximum Gasteiger partial charge on any atom is 0.265 e. The van der Waals surface area contributed by atoms with Crippen LogP contribution in [0, 0.1) is 0 Å². The van der Waals surface area contributed by atoms with Gasteiger partial charge in [0.15, 0.2) is 0 Å². The molecule has 0 atom stereocenters. The highest BCUT2D eigenvalue weighted by Crippen LogP contribution is 2.13. The van der Waals surface area contributed by atoms with E-state index < -0.39 is 10.0 Å². The molecule has 0 saturated heterocycles. The molecule has 6 nitrogen and oxygen atoms in total. The molecular formula is C10H12N4O2S. The lowest BCUT2D eigenvalue weighted by molar-refractivity contribution is 0.600. The number of aromatic nitrogens is 3. The van der Waals surface area contributed by atoms with Crippen molar-refractivity contribution in [2.75, 3.05) is 4.72 Å². The molecule has 0 aliphatic carbocycles. The highest BCUT2D eigenvalue weighted by molar-refractivity contribution is 7.92. The van der Waals surface area contributed by atoms with Crippen LogP contribution in [0.2, 0.25) is 0 Å². The molecule has 0 radical (unpaired) electrons. The average molecular weight is 252 g/mol. The Kier molecular flexibility index (Phi) is 3.10. The summed E-state index contributed by atoms with van der Waals surface area (Å²) in [5.41, 5.74) is 0.476. The fourth-order valence-electron chi connectivity index (χ4n) is 1.29. The summed E-state index contributed by atoms with van der Waals surface area (Å²) in [5, 5.41) is 3.93. The Hall–Kier alpha value is -1.89. The first-order valence-electron chi connectivity index (χ1n) is 5.07. The van der Waals surface area contributed by atoms with E-state index in [1.807, 2.05) is 6.92 Å². The van der Waals surface area contributed by atoms with Gasteiger partial charge in [0, 0.05) is 25.1 Å². The second-order valence-corrected chi connectivity index (χ2v) is 5.06. The number of pyridine rings is 1. The average Bonchev–Trinajstić information content (AvgIpc) is 2.79. The first-order valence-corrected chi connectivity index (χ1v) is 6.55. The topological polar surface area (TPSA) is 76.9 Å². The molecule has 0 unspecified atom stereocenters.